The van der Waals surface area contributed by atoms with Crippen molar-refractivity contribution < 1.29 is 0 Å². The van der Waals surface area contributed by atoms with Crippen LogP contribution in [0, 0.1) is 0 Å². The van der Waals surface area contributed by atoms with Crippen LogP contribution in [-0.4, -0.2) is 0 Å². The molecule has 4 heteroatoms. The van der Waals surface area contributed by atoms with Crippen molar-refractivity contribution in [3.63, 3.8) is 0 Å². The van der Waals surface area contributed by atoms with Gasteiger partial charge < -0.3 is 0 Å². The van der Waals surface area contributed by atoms with Crippen LogP contribution in [0.1, 0.15) is 0 Å². The first-order valence-electron chi connectivity index (χ1n) is 2.45. The highest BCUT2D eigenvalue weighted by Gasteiger charge is 2.01. The zero-order chi connectivity index (χ0) is 7.72. The molecule has 0 aliphatic carbocycles. The van der Waals surface area contributed by atoms with E-state index in [1.54, 1.807) is 12.1 Å². The van der Waals surface area contributed by atoms with E-state index in [2.05, 4.69) is 28.6 Å². The fraction of sp³-hybridized carbons (Fsp3) is 0. The normalized spacial score (nSPS) is 10.0. The number of hydrogen-bond donors (Lipinski definition) is 1. The van der Waals surface area contributed by atoms with Gasteiger partial charge in [-0.3, -0.25) is 0 Å². The van der Waals surface area contributed by atoms with Crippen molar-refractivity contribution in [2.45, 2.75) is 4.90 Å². The lowest BCUT2D eigenvalue weighted by Crippen LogP contribution is -1.72. The van der Waals surface area contributed by atoms with E-state index in [1.807, 2.05) is 0 Å². The number of halogens is 3. The highest BCUT2D eigenvalue weighted by molar-refractivity contribution is 9.10. The SMILES string of the molecule is Sc1c(Cl)cc(Cl)cc1Br. The Kier molecular flexibility index (Phi) is 2.92. The maximum Gasteiger partial charge on any atom is 0.0565 e. The lowest BCUT2D eigenvalue weighted by atomic mass is 10.4. The third kappa shape index (κ3) is 1.82. The molecule has 0 spiro atoms. The maximum absolute atomic E-state index is 5.73. The van der Waals surface area contributed by atoms with Gasteiger partial charge in [0.2, 0.25) is 0 Å². The van der Waals surface area contributed by atoms with Gasteiger partial charge in [0.1, 0.15) is 0 Å². The minimum Gasteiger partial charge on any atom is -0.141 e. The smallest absolute Gasteiger partial charge is 0.0565 e. The third-order valence-corrected chi connectivity index (χ3v) is 3.04. The second-order valence-corrected chi connectivity index (χ2v) is 3.86. The molecule has 54 valence electrons. The van der Waals surface area contributed by atoms with Crippen LogP contribution in [0.5, 0.6) is 0 Å². The van der Waals surface area contributed by atoms with Crippen molar-refractivity contribution >= 4 is 51.8 Å². The Bertz CT molecular complexity index is 239. The number of rotatable bonds is 0. The largest absolute Gasteiger partial charge is 0.141 e. The van der Waals surface area contributed by atoms with Crippen molar-refractivity contribution in [3.8, 4) is 0 Å². The lowest BCUT2D eigenvalue weighted by Gasteiger charge is -1.99. The molecule has 0 atom stereocenters. The minimum atomic E-state index is 0.558. The van der Waals surface area contributed by atoms with E-state index in [4.69, 9.17) is 23.2 Å². The van der Waals surface area contributed by atoms with E-state index in [0.29, 0.717) is 14.9 Å². The second-order valence-electron chi connectivity index (χ2n) is 1.72. The molecule has 0 saturated carbocycles. The molecule has 0 fully saturated rings. The number of thiol groups is 1. The van der Waals surface area contributed by atoms with Gasteiger partial charge in [0.25, 0.3) is 0 Å². The van der Waals surface area contributed by atoms with E-state index in [1.165, 1.54) is 0 Å². The second kappa shape index (κ2) is 3.35. The maximum atomic E-state index is 5.73. The predicted molar refractivity (Wildman–Crippen MR) is 51.4 cm³/mol. The van der Waals surface area contributed by atoms with E-state index < -0.39 is 0 Å². The van der Waals surface area contributed by atoms with Gasteiger partial charge >= 0.3 is 0 Å². The van der Waals surface area contributed by atoms with Crippen LogP contribution in [0.15, 0.2) is 21.5 Å². The summed E-state index contributed by atoms with van der Waals surface area (Å²) in [5.41, 5.74) is 0. The zero-order valence-electron chi connectivity index (χ0n) is 4.74. The molecular weight excluding hydrogens is 255 g/mol. The average Bonchev–Trinajstić information content (AvgIpc) is 1.82. The molecule has 1 rings (SSSR count). The Morgan fingerprint density at radius 3 is 2.40 bits per heavy atom. The van der Waals surface area contributed by atoms with Crippen molar-refractivity contribution in [3.05, 3.63) is 26.7 Å². The first-order valence-corrected chi connectivity index (χ1v) is 4.44. The van der Waals surface area contributed by atoms with Crippen molar-refractivity contribution in [1.82, 2.24) is 0 Å². The number of benzene rings is 1. The summed E-state index contributed by atoms with van der Waals surface area (Å²) < 4.78 is 0.813. The summed E-state index contributed by atoms with van der Waals surface area (Å²) in [6, 6.07) is 3.39. The highest BCUT2D eigenvalue weighted by Crippen LogP contribution is 2.31. The molecule has 0 unspecified atom stereocenters. The van der Waals surface area contributed by atoms with Crippen LogP contribution < -0.4 is 0 Å². The quantitative estimate of drug-likeness (QED) is 0.667. The van der Waals surface area contributed by atoms with Gasteiger partial charge in [0.05, 0.1) is 5.02 Å². The Balaban J connectivity index is 3.31. The standard InChI is InChI=1S/C6H3BrCl2S/c7-4-1-3(8)2-5(9)6(4)10/h1-2,10H. The molecule has 0 radical (unpaired) electrons. The van der Waals surface area contributed by atoms with Crippen LogP contribution in [0.3, 0.4) is 0 Å². The molecule has 1 aromatic carbocycles. The third-order valence-electron chi connectivity index (χ3n) is 0.982. The average molecular weight is 258 g/mol. The van der Waals surface area contributed by atoms with Crippen molar-refractivity contribution in [1.29, 1.82) is 0 Å². The zero-order valence-corrected chi connectivity index (χ0v) is 8.73. The first-order chi connectivity index (χ1) is 4.61. The summed E-state index contributed by atoms with van der Waals surface area (Å²) in [5, 5.41) is 1.16. The fourth-order valence-electron chi connectivity index (χ4n) is 0.535. The Morgan fingerprint density at radius 1 is 1.30 bits per heavy atom. The van der Waals surface area contributed by atoms with Crippen LogP contribution >= 0.6 is 51.8 Å². The Hall–Kier alpha value is 0.630. The molecule has 0 aliphatic heterocycles. The minimum absolute atomic E-state index is 0.558. The lowest BCUT2D eigenvalue weighted by molar-refractivity contribution is 1.42. The first kappa shape index (κ1) is 8.72. The monoisotopic (exact) mass is 256 g/mol. The molecule has 1 aromatic rings. The summed E-state index contributed by atoms with van der Waals surface area (Å²) in [6.45, 7) is 0. The van der Waals surface area contributed by atoms with Gasteiger partial charge in [-0.25, -0.2) is 0 Å². The fourth-order valence-corrected chi connectivity index (χ4v) is 1.86. The van der Waals surface area contributed by atoms with Gasteiger partial charge in [0.15, 0.2) is 0 Å². The van der Waals surface area contributed by atoms with Crippen LogP contribution in [0.4, 0.5) is 0 Å². The molecular formula is C6H3BrCl2S. The van der Waals surface area contributed by atoms with Crippen LogP contribution in [-0.2, 0) is 0 Å². The van der Waals surface area contributed by atoms with E-state index in [9.17, 15) is 0 Å². The Morgan fingerprint density at radius 2 is 1.90 bits per heavy atom. The highest BCUT2D eigenvalue weighted by atomic mass is 79.9. The molecule has 10 heavy (non-hydrogen) atoms. The summed E-state index contributed by atoms with van der Waals surface area (Å²) in [4.78, 5) is 0.714. The van der Waals surface area contributed by atoms with E-state index >= 15 is 0 Å². The molecule has 0 saturated heterocycles. The molecule has 0 nitrogen and oxygen atoms in total. The van der Waals surface area contributed by atoms with Gasteiger partial charge in [0, 0.05) is 14.4 Å². The molecule has 0 N–H and O–H groups in total. The van der Waals surface area contributed by atoms with Gasteiger partial charge in [-0.15, -0.1) is 12.6 Å². The van der Waals surface area contributed by atoms with Gasteiger partial charge in [-0.05, 0) is 28.1 Å². The molecule has 0 heterocycles. The van der Waals surface area contributed by atoms with Crippen LogP contribution in [0.2, 0.25) is 10.0 Å². The van der Waals surface area contributed by atoms with E-state index in [0.717, 1.165) is 4.47 Å². The number of hydrogen-bond acceptors (Lipinski definition) is 1. The molecule has 0 bridgehead atoms. The summed E-state index contributed by atoms with van der Waals surface area (Å²) in [7, 11) is 0. The summed E-state index contributed by atoms with van der Waals surface area (Å²) in [5.74, 6) is 0. The van der Waals surface area contributed by atoms with Crippen LogP contribution in [0.25, 0.3) is 0 Å². The summed E-state index contributed by atoms with van der Waals surface area (Å²) in [6.07, 6.45) is 0. The van der Waals surface area contributed by atoms with E-state index in [-0.39, 0.29) is 0 Å². The molecule has 0 aliphatic rings. The van der Waals surface area contributed by atoms with Gasteiger partial charge in [-0.1, -0.05) is 23.2 Å². The Labute approximate surface area is 83.1 Å². The van der Waals surface area contributed by atoms with Crippen molar-refractivity contribution in [2.24, 2.45) is 0 Å². The van der Waals surface area contributed by atoms with Gasteiger partial charge in [-0.2, -0.15) is 0 Å². The predicted octanol–water partition coefficient (Wildman–Crippen LogP) is 4.04. The summed E-state index contributed by atoms with van der Waals surface area (Å²) >= 11 is 18.8. The molecule has 0 aromatic heterocycles. The molecule has 0 amide bonds. The van der Waals surface area contributed by atoms with Crippen molar-refractivity contribution in [2.75, 3.05) is 0 Å². The topological polar surface area (TPSA) is 0 Å².